The Morgan fingerprint density at radius 3 is 2.54 bits per heavy atom. The molecule has 0 bridgehead atoms. The molecule has 0 aliphatic rings. The lowest BCUT2D eigenvalue weighted by Gasteiger charge is -2.05. The van der Waals surface area contributed by atoms with E-state index >= 15 is 0 Å². The molecule has 2 aromatic carbocycles. The van der Waals surface area contributed by atoms with Gasteiger partial charge in [0.2, 0.25) is 0 Å². The van der Waals surface area contributed by atoms with Crippen molar-refractivity contribution in [2.75, 3.05) is 7.11 Å². The van der Waals surface area contributed by atoms with Gasteiger partial charge in [0, 0.05) is 24.3 Å². The van der Waals surface area contributed by atoms with Crippen molar-refractivity contribution in [3.8, 4) is 11.5 Å². The molecule has 24 heavy (non-hydrogen) atoms. The number of carboxylic acid groups (broad SMARTS) is 1. The minimum absolute atomic E-state index is 0.173. The normalized spacial score (nSPS) is 9.88. The van der Waals surface area contributed by atoms with E-state index < -0.39 is 6.47 Å². The Labute approximate surface area is 140 Å². The second kappa shape index (κ2) is 8.53. The lowest BCUT2D eigenvalue weighted by atomic mass is 10.1. The molecule has 0 fully saturated rings. The Morgan fingerprint density at radius 1 is 1.17 bits per heavy atom. The van der Waals surface area contributed by atoms with E-state index in [1.54, 1.807) is 13.2 Å². The van der Waals surface area contributed by atoms with Gasteiger partial charge < -0.3 is 19.7 Å². The number of rotatable bonds is 4. The van der Waals surface area contributed by atoms with Crippen LogP contribution in [0.15, 0.2) is 60.9 Å². The van der Waals surface area contributed by atoms with Crippen LogP contribution in [0.25, 0.3) is 10.8 Å². The molecule has 1 N–H and O–H groups in total. The number of aryl methyl sites for hydroxylation is 2. The molecule has 0 aliphatic carbocycles. The maximum atomic E-state index is 9.80. The smallest absolute Gasteiger partial charge is 0.176 e. The van der Waals surface area contributed by atoms with Crippen LogP contribution in [0.2, 0.25) is 0 Å². The number of pyridine rings is 1. The molecule has 0 unspecified atom stereocenters. The van der Waals surface area contributed by atoms with Gasteiger partial charge in [-0.15, -0.1) is 0 Å². The predicted molar refractivity (Wildman–Crippen MR) is 88.6 cm³/mol. The Morgan fingerprint density at radius 2 is 1.88 bits per heavy atom. The van der Waals surface area contributed by atoms with Crippen molar-refractivity contribution in [3.05, 3.63) is 66.5 Å². The molecular weight excluding hydrogens is 306 g/mol. The van der Waals surface area contributed by atoms with Crippen molar-refractivity contribution in [1.29, 1.82) is 0 Å². The highest BCUT2D eigenvalue weighted by molar-refractivity contribution is 5.84. The first-order valence-corrected chi connectivity index (χ1v) is 7.47. The van der Waals surface area contributed by atoms with Crippen molar-refractivity contribution in [2.24, 2.45) is 0 Å². The average Bonchev–Trinajstić information content (AvgIpc) is 2.61. The van der Waals surface area contributed by atoms with Crippen LogP contribution in [0.5, 0.6) is 11.5 Å². The number of fused-ring (bicyclic) bond motifs is 1. The van der Waals surface area contributed by atoms with Crippen molar-refractivity contribution < 1.29 is 24.3 Å². The van der Waals surface area contributed by atoms with Gasteiger partial charge in [0.15, 0.2) is 30.4 Å². The zero-order valence-electron chi connectivity index (χ0n) is 13.4. The monoisotopic (exact) mass is 325 g/mol. The van der Waals surface area contributed by atoms with Gasteiger partial charge in [-0.3, -0.25) is 0 Å². The largest absolute Gasteiger partial charge is 0.554 e. The molecule has 0 aliphatic heterocycles. The number of carbonyl (C=O) groups excluding carboxylic acids is 1. The van der Waals surface area contributed by atoms with E-state index in [2.05, 4.69) is 35.0 Å². The minimum Gasteiger partial charge on any atom is -0.554 e. The summed E-state index contributed by atoms with van der Waals surface area (Å²) in [6, 6.07) is 16.1. The van der Waals surface area contributed by atoms with E-state index in [1.165, 1.54) is 5.56 Å². The zero-order valence-corrected chi connectivity index (χ0v) is 13.4. The second-order valence-electron chi connectivity index (χ2n) is 5.17. The molecule has 124 valence electrons. The molecule has 5 nitrogen and oxygen atoms in total. The molecule has 0 saturated heterocycles. The summed E-state index contributed by atoms with van der Waals surface area (Å²) >= 11 is 0. The minimum atomic E-state index is -0.500. The van der Waals surface area contributed by atoms with Crippen LogP contribution in [-0.4, -0.2) is 18.7 Å². The van der Waals surface area contributed by atoms with Crippen LogP contribution < -0.4 is 14.4 Å². The maximum Gasteiger partial charge on any atom is 0.176 e. The van der Waals surface area contributed by atoms with Gasteiger partial charge in [-0.2, -0.15) is 0 Å². The van der Waals surface area contributed by atoms with Crippen LogP contribution in [0.3, 0.4) is 0 Å². The number of hydrogen-bond donors (Lipinski definition) is 1. The SMILES string of the molecule is COc1cc2c[n+](CCc3ccccc3)ccc2cc1O.O=C[O-]. The highest BCUT2D eigenvalue weighted by Crippen LogP contribution is 2.30. The third-order valence-electron chi connectivity index (χ3n) is 3.64. The van der Waals surface area contributed by atoms with Gasteiger partial charge in [0.05, 0.1) is 7.11 Å². The number of methoxy groups -OCH3 is 1. The summed E-state index contributed by atoms with van der Waals surface area (Å²) in [6.45, 7) is 0.420. The summed E-state index contributed by atoms with van der Waals surface area (Å²) in [6.07, 6.45) is 5.11. The standard InChI is InChI=1S/C18H17NO2.CH2O2/c1-21-18-12-16-13-19(10-8-15(16)11-17(18)20)9-7-14-5-3-2-4-6-14;2-1-3/h2-6,8,10-13H,7,9H2,1H3;1H,(H,2,3). The van der Waals surface area contributed by atoms with Crippen molar-refractivity contribution in [3.63, 3.8) is 0 Å². The second-order valence-corrected chi connectivity index (χ2v) is 5.17. The predicted octanol–water partition coefficient (Wildman–Crippen LogP) is 1.45. The van der Waals surface area contributed by atoms with Crippen LogP contribution in [0.4, 0.5) is 0 Å². The van der Waals surface area contributed by atoms with Gasteiger partial charge in [-0.25, -0.2) is 4.57 Å². The molecule has 5 heteroatoms. The summed E-state index contributed by atoms with van der Waals surface area (Å²) < 4.78 is 7.32. The number of carbonyl (C=O) groups is 1. The number of phenolic OH excluding ortho intramolecular Hbond substituents is 1. The van der Waals surface area contributed by atoms with Crippen LogP contribution in [0, 0.1) is 0 Å². The van der Waals surface area contributed by atoms with E-state index in [9.17, 15) is 5.11 Å². The van der Waals surface area contributed by atoms with E-state index in [4.69, 9.17) is 14.6 Å². The maximum absolute atomic E-state index is 9.80. The van der Waals surface area contributed by atoms with Gasteiger partial charge in [0.25, 0.3) is 0 Å². The van der Waals surface area contributed by atoms with E-state index in [0.717, 1.165) is 23.7 Å². The third kappa shape index (κ3) is 4.46. The highest BCUT2D eigenvalue weighted by atomic mass is 16.5. The number of aromatic nitrogens is 1. The molecule has 0 atom stereocenters. The molecule has 1 heterocycles. The van der Waals surface area contributed by atoms with E-state index in [0.29, 0.717) is 5.75 Å². The number of hydrogen-bond acceptors (Lipinski definition) is 4. The molecule has 0 saturated carbocycles. The fourth-order valence-corrected chi connectivity index (χ4v) is 2.46. The highest BCUT2D eigenvalue weighted by Gasteiger charge is 2.08. The van der Waals surface area contributed by atoms with E-state index in [-0.39, 0.29) is 5.75 Å². The molecule has 3 aromatic rings. The van der Waals surface area contributed by atoms with Gasteiger partial charge in [0.1, 0.15) is 0 Å². The fourth-order valence-electron chi connectivity index (χ4n) is 2.46. The average molecular weight is 325 g/mol. The Kier molecular flexibility index (Phi) is 6.14. The molecular formula is C19H19NO4. The van der Waals surface area contributed by atoms with Crippen LogP contribution >= 0.6 is 0 Å². The molecule has 1 aromatic heterocycles. The van der Waals surface area contributed by atoms with Crippen molar-refractivity contribution in [2.45, 2.75) is 13.0 Å². The van der Waals surface area contributed by atoms with Gasteiger partial charge >= 0.3 is 0 Å². The molecule has 0 amide bonds. The number of ether oxygens (including phenoxy) is 1. The number of aromatic hydroxyl groups is 1. The van der Waals surface area contributed by atoms with Gasteiger partial charge in [-0.05, 0) is 23.1 Å². The topological polar surface area (TPSA) is 73.5 Å². The zero-order chi connectivity index (χ0) is 17.4. The fraction of sp³-hybridized carbons (Fsp3) is 0.158. The third-order valence-corrected chi connectivity index (χ3v) is 3.64. The van der Waals surface area contributed by atoms with E-state index in [1.807, 2.05) is 24.4 Å². The van der Waals surface area contributed by atoms with Crippen molar-refractivity contribution >= 4 is 17.2 Å². The van der Waals surface area contributed by atoms with Crippen LogP contribution in [0.1, 0.15) is 5.56 Å². The molecule has 3 rings (SSSR count). The Bertz CT molecular complexity index is 803. The summed E-state index contributed by atoms with van der Waals surface area (Å²) in [4.78, 5) is 8.25. The quantitative estimate of drug-likeness (QED) is 0.582. The van der Waals surface area contributed by atoms with Gasteiger partial charge in [-0.1, -0.05) is 30.3 Å². The summed E-state index contributed by atoms with van der Waals surface area (Å²) in [5, 5.41) is 20.1. The van der Waals surface area contributed by atoms with Crippen molar-refractivity contribution in [1.82, 2.24) is 0 Å². The number of nitrogens with zero attached hydrogens (tertiary/aromatic N) is 1. The number of phenols is 1. The summed E-state index contributed by atoms with van der Waals surface area (Å²) in [5.74, 6) is 0.676. The first kappa shape index (κ1) is 17.3. The summed E-state index contributed by atoms with van der Waals surface area (Å²) in [5.41, 5.74) is 1.33. The first-order valence-electron chi connectivity index (χ1n) is 7.47. The Balaban J connectivity index is 0.000000647. The molecule has 0 radical (unpaired) electrons. The van der Waals surface area contributed by atoms with Crippen LogP contribution in [-0.2, 0) is 17.8 Å². The Hall–Kier alpha value is -3.08. The number of benzene rings is 2. The molecule has 0 spiro atoms. The lowest BCUT2D eigenvalue weighted by Crippen LogP contribution is -2.33. The summed E-state index contributed by atoms with van der Waals surface area (Å²) in [7, 11) is 1.56. The lowest BCUT2D eigenvalue weighted by molar-refractivity contribution is -0.695. The first-order chi connectivity index (χ1) is 11.7.